The Labute approximate surface area is 181 Å². The van der Waals surface area contributed by atoms with Crippen molar-refractivity contribution >= 4 is 28.9 Å². The number of carbonyl (C=O) groups is 1. The van der Waals surface area contributed by atoms with E-state index in [0.29, 0.717) is 13.2 Å². The number of primary amides is 1. The SMILES string of the molecule is NC(=O)c1cc(F)c(N[C@@H]2CCCC[C@@H]2N)nc1Nc1cccc(N2CCOCC2)c1. The number of morpholine rings is 1. The summed E-state index contributed by atoms with van der Waals surface area (Å²) in [6.07, 6.45) is 3.84. The quantitative estimate of drug-likeness (QED) is 0.558. The van der Waals surface area contributed by atoms with Gasteiger partial charge in [0.05, 0.1) is 18.8 Å². The summed E-state index contributed by atoms with van der Waals surface area (Å²) in [7, 11) is 0. The van der Waals surface area contributed by atoms with Crippen LogP contribution < -0.4 is 27.0 Å². The van der Waals surface area contributed by atoms with Gasteiger partial charge >= 0.3 is 0 Å². The summed E-state index contributed by atoms with van der Waals surface area (Å²) < 4.78 is 20.1. The first-order valence-corrected chi connectivity index (χ1v) is 10.7. The summed E-state index contributed by atoms with van der Waals surface area (Å²) in [6.45, 7) is 2.98. The van der Waals surface area contributed by atoms with Crippen LogP contribution >= 0.6 is 0 Å². The second-order valence-corrected chi connectivity index (χ2v) is 8.05. The maximum atomic E-state index is 14.7. The van der Waals surface area contributed by atoms with E-state index in [9.17, 15) is 9.18 Å². The molecule has 2 aliphatic rings. The van der Waals surface area contributed by atoms with Crippen molar-refractivity contribution in [3.8, 4) is 0 Å². The molecule has 2 heterocycles. The molecule has 8 nitrogen and oxygen atoms in total. The van der Waals surface area contributed by atoms with Gasteiger partial charge in [-0.3, -0.25) is 4.79 Å². The minimum Gasteiger partial charge on any atom is -0.378 e. The van der Waals surface area contributed by atoms with E-state index in [-0.39, 0.29) is 29.3 Å². The molecule has 0 unspecified atom stereocenters. The number of anilines is 4. The fraction of sp³-hybridized carbons (Fsp3) is 0.455. The Morgan fingerprint density at radius 1 is 1.16 bits per heavy atom. The van der Waals surface area contributed by atoms with E-state index in [1.165, 1.54) is 0 Å². The van der Waals surface area contributed by atoms with Crippen LogP contribution in [0.1, 0.15) is 36.0 Å². The zero-order valence-corrected chi connectivity index (χ0v) is 17.4. The zero-order valence-electron chi connectivity index (χ0n) is 17.4. The number of halogens is 1. The lowest BCUT2D eigenvalue weighted by molar-refractivity contribution is 0.100. The molecule has 4 rings (SSSR count). The lowest BCUT2D eigenvalue weighted by Crippen LogP contribution is -2.43. The first-order valence-electron chi connectivity index (χ1n) is 10.7. The van der Waals surface area contributed by atoms with E-state index >= 15 is 0 Å². The van der Waals surface area contributed by atoms with Gasteiger partial charge in [0.1, 0.15) is 5.82 Å². The summed E-state index contributed by atoms with van der Waals surface area (Å²) in [6, 6.07) is 8.76. The second kappa shape index (κ2) is 9.49. The van der Waals surface area contributed by atoms with Gasteiger partial charge in [-0.1, -0.05) is 18.9 Å². The van der Waals surface area contributed by atoms with Crippen molar-refractivity contribution in [3.63, 3.8) is 0 Å². The van der Waals surface area contributed by atoms with Crippen molar-refractivity contribution in [1.82, 2.24) is 4.98 Å². The number of benzene rings is 1. The predicted octanol–water partition coefficient (Wildman–Crippen LogP) is 2.58. The van der Waals surface area contributed by atoms with Crippen molar-refractivity contribution in [2.75, 3.05) is 41.8 Å². The molecule has 2 fully saturated rings. The molecule has 1 amide bonds. The second-order valence-electron chi connectivity index (χ2n) is 8.05. The number of ether oxygens (including phenoxy) is 1. The number of amides is 1. The third kappa shape index (κ3) is 5.05. The van der Waals surface area contributed by atoms with Crippen LogP contribution in [0.25, 0.3) is 0 Å². The van der Waals surface area contributed by atoms with Crippen molar-refractivity contribution in [2.24, 2.45) is 11.5 Å². The molecule has 2 aromatic rings. The Balaban J connectivity index is 1.60. The zero-order chi connectivity index (χ0) is 21.8. The normalized spacial score (nSPS) is 21.5. The fourth-order valence-corrected chi connectivity index (χ4v) is 4.13. The Morgan fingerprint density at radius 3 is 2.68 bits per heavy atom. The summed E-state index contributed by atoms with van der Waals surface area (Å²) in [5, 5.41) is 6.27. The first kappa shape index (κ1) is 21.3. The molecule has 6 N–H and O–H groups in total. The molecule has 0 bridgehead atoms. The average Bonchev–Trinajstić information content (AvgIpc) is 2.78. The number of hydrogen-bond donors (Lipinski definition) is 4. The number of nitrogens with two attached hydrogens (primary N) is 2. The van der Waals surface area contributed by atoms with Gasteiger partial charge < -0.3 is 31.7 Å². The lowest BCUT2D eigenvalue weighted by atomic mass is 9.91. The minimum absolute atomic E-state index is 0.00670. The Bertz CT molecular complexity index is 934. The predicted molar refractivity (Wildman–Crippen MR) is 119 cm³/mol. The van der Waals surface area contributed by atoms with Gasteiger partial charge in [-0.05, 0) is 37.1 Å². The Hall–Kier alpha value is -2.91. The number of carbonyl (C=O) groups excluding carboxylic acids is 1. The molecule has 0 radical (unpaired) electrons. The van der Waals surface area contributed by atoms with Gasteiger partial charge in [0.25, 0.3) is 5.91 Å². The summed E-state index contributed by atoms with van der Waals surface area (Å²) in [4.78, 5) is 18.5. The third-order valence-corrected chi connectivity index (χ3v) is 5.87. The molecule has 1 aromatic carbocycles. The van der Waals surface area contributed by atoms with Crippen LogP contribution in [0.4, 0.5) is 27.4 Å². The van der Waals surface area contributed by atoms with E-state index in [4.69, 9.17) is 16.2 Å². The van der Waals surface area contributed by atoms with Crippen LogP contribution in [-0.4, -0.2) is 49.3 Å². The third-order valence-electron chi connectivity index (χ3n) is 5.87. The van der Waals surface area contributed by atoms with Crippen LogP contribution in [-0.2, 0) is 4.74 Å². The molecule has 9 heteroatoms. The number of aromatic nitrogens is 1. The van der Waals surface area contributed by atoms with E-state index in [2.05, 4.69) is 20.5 Å². The number of rotatable bonds is 6. The van der Waals surface area contributed by atoms with Gasteiger partial charge in [0, 0.05) is 36.5 Å². The van der Waals surface area contributed by atoms with Crippen LogP contribution in [0.15, 0.2) is 30.3 Å². The van der Waals surface area contributed by atoms with Crippen molar-refractivity contribution < 1.29 is 13.9 Å². The largest absolute Gasteiger partial charge is 0.378 e. The first-order chi connectivity index (χ1) is 15.0. The van der Waals surface area contributed by atoms with Crippen LogP contribution in [0.2, 0.25) is 0 Å². The highest BCUT2D eigenvalue weighted by atomic mass is 19.1. The smallest absolute Gasteiger partial charge is 0.252 e. The summed E-state index contributed by atoms with van der Waals surface area (Å²) in [5.41, 5.74) is 13.4. The average molecular weight is 429 g/mol. The monoisotopic (exact) mass is 428 g/mol. The molecule has 2 atom stereocenters. The topological polar surface area (TPSA) is 119 Å². The van der Waals surface area contributed by atoms with E-state index < -0.39 is 11.7 Å². The van der Waals surface area contributed by atoms with Crippen molar-refractivity contribution in [3.05, 3.63) is 41.7 Å². The highest BCUT2D eigenvalue weighted by molar-refractivity contribution is 5.98. The molecule has 1 aliphatic heterocycles. The molecule has 1 aromatic heterocycles. The van der Waals surface area contributed by atoms with E-state index in [1.807, 2.05) is 24.3 Å². The van der Waals surface area contributed by atoms with Gasteiger partial charge in [-0.15, -0.1) is 0 Å². The lowest BCUT2D eigenvalue weighted by Gasteiger charge is -2.30. The maximum Gasteiger partial charge on any atom is 0.252 e. The van der Waals surface area contributed by atoms with Crippen molar-refractivity contribution in [1.29, 1.82) is 0 Å². The van der Waals surface area contributed by atoms with Crippen LogP contribution in [0.5, 0.6) is 0 Å². The van der Waals surface area contributed by atoms with Gasteiger partial charge in [-0.25, -0.2) is 9.37 Å². The van der Waals surface area contributed by atoms with Gasteiger partial charge in [-0.2, -0.15) is 0 Å². The van der Waals surface area contributed by atoms with Crippen LogP contribution in [0, 0.1) is 5.82 Å². The number of nitrogens with zero attached hydrogens (tertiary/aromatic N) is 2. The molecule has 1 saturated carbocycles. The Morgan fingerprint density at radius 2 is 1.94 bits per heavy atom. The number of nitrogens with one attached hydrogen (secondary N) is 2. The summed E-state index contributed by atoms with van der Waals surface area (Å²) in [5.74, 6) is -1.10. The molecule has 0 spiro atoms. The molecule has 31 heavy (non-hydrogen) atoms. The van der Waals surface area contributed by atoms with Crippen molar-refractivity contribution in [2.45, 2.75) is 37.8 Å². The highest BCUT2D eigenvalue weighted by Gasteiger charge is 2.24. The molecule has 166 valence electrons. The van der Waals surface area contributed by atoms with E-state index in [0.717, 1.165) is 56.2 Å². The van der Waals surface area contributed by atoms with Crippen LogP contribution in [0.3, 0.4) is 0 Å². The molecular formula is C22H29FN6O2. The standard InChI is InChI=1S/C22H29FN6O2/c23-17-13-16(20(25)30)21(28-22(17)27-19-7-2-1-6-18(19)24)26-14-4-3-5-15(12-14)29-8-10-31-11-9-29/h3-5,12-13,18-19H,1-2,6-11,24H2,(H2,25,30)(H2,26,27,28)/t18-,19+/m0/s1. The van der Waals surface area contributed by atoms with Gasteiger partial charge in [0.15, 0.2) is 11.6 Å². The van der Waals surface area contributed by atoms with Gasteiger partial charge in [0.2, 0.25) is 0 Å². The maximum absolute atomic E-state index is 14.7. The fourth-order valence-electron chi connectivity index (χ4n) is 4.13. The summed E-state index contributed by atoms with van der Waals surface area (Å²) >= 11 is 0. The molecule has 1 aliphatic carbocycles. The Kier molecular flexibility index (Phi) is 6.53. The molecular weight excluding hydrogens is 399 g/mol. The molecule has 1 saturated heterocycles. The number of hydrogen-bond acceptors (Lipinski definition) is 7. The highest BCUT2D eigenvalue weighted by Crippen LogP contribution is 2.28. The van der Waals surface area contributed by atoms with E-state index in [1.54, 1.807) is 0 Å². The number of pyridine rings is 1. The minimum atomic E-state index is -0.751.